The number of carbonyl (C=O) groups excluding carboxylic acids is 2. The first-order chi connectivity index (χ1) is 12.0. The highest BCUT2D eigenvalue weighted by molar-refractivity contribution is 6.30. The van der Waals surface area contributed by atoms with Crippen molar-refractivity contribution in [2.24, 2.45) is 7.05 Å². The van der Waals surface area contributed by atoms with Crippen molar-refractivity contribution in [3.05, 3.63) is 41.2 Å². The zero-order chi connectivity index (χ0) is 17.8. The Labute approximate surface area is 150 Å². The van der Waals surface area contributed by atoms with E-state index >= 15 is 0 Å². The summed E-state index contributed by atoms with van der Waals surface area (Å²) in [7, 11) is 1.69. The van der Waals surface area contributed by atoms with Gasteiger partial charge in [0.1, 0.15) is 5.69 Å². The Balaban J connectivity index is 1.71. The standard InChI is InChI=1S/C17H20ClN5O2/c1-22-15(16(24)23-9-3-2-4-10-23)14(11-19-22)21-17(25)20-13-7-5-12(18)6-8-13/h5-8,11H,2-4,9-10H2,1H3,(H2,20,21,25). The lowest BCUT2D eigenvalue weighted by atomic mass is 10.1. The predicted octanol–water partition coefficient (Wildman–Crippen LogP) is 3.34. The van der Waals surface area contributed by atoms with Gasteiger partial charge in [-0.3, -0.25) is 9.48 Å². The molecule has 1 aliphatic heterocycles. The minimum atomic E-state index is -0.442. The van der Waals surface area contributed by atoms with E-state index in [0.29, 0.717) is 22.1 Å². The van der Waals surface area contributed by atoms with Gasteiger partial charge >= 0.3 is 6.03 Å². The number of nitrogens with zero attached hydrogens (tertiary/aromatic N) is 3. The highest BCUT2D eigenvalue weighted by atomic mass is 35.5. The fraction of sp³-hybridized carbons (Fsp3) is 0.353. The van der Waals surface area contributed by atoms with Crippen molar-refractivity contribution in [3.8, 4) is 0 Å². The highest BCUT2D eigenvalue weighted by Crippen LogP contribution is 2.20. The van der Waals surface area contributed by atoms with Crippen molar-refractivity contribution in [2.45, 2.75) is 19.3 Å². The predicted molar refractivity (Wildman–Crippen MR) is 97.1 cm³/mol. The summed E-state index contributed by atoms with van der Waals surface area (Å²) in [4.78, 5) is 26.8. The maximum absolute atomic E-state index is 12.8. The van der Waals surface area contributed by atoms with Crippen molar-refractivity contribution in [2.75, 3.05) is 23.7 Å². The van der Waals surface area contributed by atoms with Crippen LogP contribution in [0.5, 0.6) is 0 Å². The molecule has 0 bridgehead atoms. The lowest BCUT2D eigenvalue weighted by molar-refractivity contribution is 0.0714. The molecule has 1 saturated heterocycles. The molecule has 8 heteroatoms. The third-order valence-electron chi connectivity index (χ3n) is 4.13. The first kappa shape index (κ1) is 17.3. The number of benzene rings is 1. The van der Waals surface area contributed by atoms with Gasteiger partial charge in [0.2, 0.25) is 0 Å². The second-order valence-corrected chi connectivity index (χ2v) is 6.41. The van der Waals surface area contributed by atoms with Gasteiger partial charge in [-0.1, -0.05) is 11.6 Å². The van der Waals surface area contributed by atoms with Crippen LogP contribution in [0.1, 0.15) is 29.8 Å². The average Bonchev–Trinajstić information content (AvgIpc) is 2.97. The molecule has 2 aromatic rings. The quantitative estimate of drug-likeness (QED) is 0.879. The topological polar surface area (TPSA) is 79.3 Å². The van der Waals surface area contributed by atoms with Crippen LogP contribution in [-0.2, 0) is 7.05 Å². The molecule has 1 aliphatic rings. The molecule has 1 fully saturated rings. The van der Waals surface area contributed by atoms with E-state index in [1.165, 1.54) is 10.9 Å². The van der Waals surface area contributed by atoms with Crippen LogP contribution in [-0.4, -0.2) is 39.7 Å². The summed E-state index contributed by atoms with van der Waals surface area (Å²) in [5.41, 5.74) is 1.38. The van der Waals surface area contributed by atoms with Gasteiger partial charge < -0.3 is 15.5 Å². The third kappa shape index (κ3) is 4.11. The summed E-state index contributed by atoms with van der Waals surface area (Å²) in [6, 6.07) is 6.33. The first-order valence-electron chi connectivity index (χ1n) is 8.19. The van der Waals surface area contributed by atoms with Crippen molar-refractivity contribution < 1.29 is 9.59 Å². The van der Waals surface area contributed by atoms with Gasteiger partial charge in [0, 0.05) is 30.8 Å². The van der Waals surface area contributed by atoms with E-state index in [1.807, 2.05) is 4.90 Å². The Morgan fingerprint density at radius 3 is 2.44 bits per heavy atom. The minimum absolute atomic E-state index is 0.110. The van der Waals surface area contributed by atoms with E-state index in [4.69, 9.17) is 11.6 Å². The number of carbonyl (C=O) groups is 2. The Bertz CT molecular complexity index is 766. The minimum Gasteiger partial charge on any atom is -0.337 e. The summed E-state index contributed by atoms with van der Waals surface area (Å²) in [5.74, 6) is -0.110. The largest absolute Gasteiger partial charge is 0.337 e. The number of likely N-dealkylation sites (tertiary alicyclic amines) is 1. The third-order valence-corrected chi connectivity index (χ3v) is 4.39. The van der Waals surface area contributed by atoms with Gasteiger partial charge in [-0.15, -0.1) is 0 Å². The van der Waals surface area contributed by atoms with Gasteiger partial charge in [0.05, 0.1) is 11.9 Å². The van der Waals surface area contributed by atoms with Crippen LogP contribution in [0.4, 0.5) is 16.2 Å². The first-order valence-corrected chi connectivity index (χ1v) is 8.57. The molecule has 3 amide bonds. The normalized spacial score (nSPS) is 14.2. The number of amides is 3. The molecule has 0 radical (unpaired) electrons. The van der Waals surface area contributed by atoms with Crippen molar-refractivity contribution in [1.29, 1.82) is 0 Å². The molecule has 0 spiro atoms. The molecule has 2 N–H and O–H groups in total. The van der Waals surface area contributed by atoms with Crippen LogP contribution >= 0.6 is 11.6 Å². The number of anilines is 2. The molecule has 0 atom stereocenters. The van der Waals surface area contributed by atoms with Crippen LogP contribution in [0.3, 0.4) is 0 Å². The maximum Gasteiger partial charge on any atom is 0.323 e. The van der Waals surface area contributed by atoms with E-state index in [0.717, 1.165) is 32.4 Å². The second-order valence-electron chi connectivity index (χ2n) is 5.97. The van der Waals surface area contributed by atoms with Crippen molar-refractivity contribution >= 4 is 34.9 Å². The summed E-state index contributed by atoms with van der Waals surface area (Å²) in [6.07, 6.45) is 4.63. The van der Waals surface area contributed by atoms with Gasteiger partial charge in [0.25, 0.3) is 5.91 Å². The van der Waals surface area contributed by atoms with Gasteiger partial charge in [0.15, 0.2) is 0 Å². The molecule has 1 aromatic carbocycles. The van der Waals surface area contributed by atoms with Gasteiger partial charge in [-0.05, 0) is 43.5 Å². The van der Waals surface area contributed by atoms with Gasteiger partial charge in [-0.2, -0.15) is 5.10 Å². The van der Waals surface area contributed by atoms with Crippen molar-refractivity contribution in [1.82, 2.24) is 14.7 Å². The van der Waals surface area contributed by atoms with Crippen LogP contribution < -0.4 is 10.6 Å². The molecule has 0 unspecified atom stereocenters. The average molecular weight is 362 g/mol. The van der Waals surface area contributed by atoms with E-state index in [9.17, 15) is 9.59 Å². The van der Waals surface area contributed by atoms with Crippen LogP contribution in [0.25, 0.3) is 0 Å². The monoisotopic (exact) mass is 361 g/mol. The SMILES string of the molecule is Cn1ncc(NC(=O)Nc2ccc(Cl)cc2)c1C(=O)N1CCCCC1. The lowest BCUT2D eigenvalue weighted by Gasteiger charge is -2.27. The number of rotatable bonds is 3. The number of halogens is 1. The van der Waals surface area contributed by atoms with E-state index in [1.54, 1.807) is 31.3 Å². The molecule has 0 aliphatic carbocycles. The molecule has 3 rings (SSSR count). The zero-order valence-corrected chi connectivity index (χ0v) is 14.7. The number of aromatic nitrogens is 2. The summed E-state index contributed by atoms with van der Waals surface area (Å²) in [5, 5.41) is 10.1. The van der Waals surface area contributed by atoms with E-state index in [-0.39, 0.29) is 5.91 Å². The number of piperidine rings is 1. The molecular weight excluding hydrogens is 342 g/mol. The lowest BCUT2D eigenvalue weighted by Crippen LogP contribution is -2.37. The molecule has 25 heavy (non-hydrogen) atoms. The number of urea groups is 1. The van der Waals surface area contributed by atoms with Crippen LogP contribution in [0, 0.1) is 0 Å². The fourth-order valence-corrected chi connectivity index (χ4v) is 2.97. The molecule has 1 aromatic heterocycles. The Morgan fingerprint density at radius 2 is 1.76 bits per heavy atom. The smallest absolute Gasteiger partial charge is 0.323 e. The molecular formula is C17H20ClN5O2. The fourth-order valence-electron chi connectivity index (χ4n) is 2.85. The Kier molecular flexibility index (Phi) is 5.23. The Morgan fingerprint density at radius 1 is 1.08 bits per heavy atom. The molecule has 7 nitrogen and oxygen atoms in total. The summed E-state index contributed by atoms with van der Waals surface area (Å²) in [6.45, 7) is 1.47. The molecule has 132 valence electrons. The molecule has 0 saturated carbocycles. The van der Waals surface area contributed by atoms with Gasteiger partial charge in [-0.25, -0.2) is 4.79 Å². The Hall–Kier alpha value is -2.54. The van der Waals surface area contributed by atoms with Crippen molar-refractivity contribution in [3.63, 3.8) is 0 Å². The number of nitrogens with one attached hydrogen (secondary N) is 2. The number of hydrogen-bond acceptors (Lipinski definition) is 3. The maximum atomic E-state index is 12.8. The van der Waals surface area contributed by atoms with E-state index < -0.39 is 6.03 Å². The molecule has 2 heterocycles. The number of aryl methyl sites for hydroxylation is 1. The second kappa shape index (κ2) is 7.57. The van der Waals surface area contributed by atoms with E-state index in [2.05, 4.69) is 15.7 Å². The van der Waals surface area contributed by atoms with Crippen LogP contribution in [0.15, 0.2) is 30.5 Å². The van der Waals surface area contributed by atoms with Crippen LogP contribution in [0.2, 0.25) is 5.02 Å². The summed E-state index contributed by atoms with van der Waals surface area (Å²) < 4.78 is 1.49. The number of hydrogen-bond donors (Lipinski definition) is 2. The zero-order valence-electron chi connectivity index (χ0n) is 14.0. The highest BCUT2D eigenvalue weighted by Gasteiger charge is 2.25. The summed E-state index contributed by atoms with van der Waals surface area (Å²) >= 11 is 5.83.